The monoisotopic (exact) mass is 334 g/mol. The summed E-state index contributed by atoms with van der Waals surface area (Å²) in [4.78, 5) is 16.1. The van der Waals surface area contributed by atoms with Crippen molar-refractivity contribution in [3.8, 4) is 11.3 Å². The van der Waals surface area contributed by atoms with Crippen molar-refractivity contribution < 1.29 is 18.0 Å². The highest BCUT2D eigenvalue weighted by Crippen LogP contribution is 2.26. The van der Waals surface area contributed by atoms with E-state index in [-0.39, 0.29) is 12.3 Å². The van der Waals surface area contributed by atoms with Crippen LogP contribution in [0.4, 0.5) is 13.9 Å². The van der Waals surface area contributed by atoms with Crippen LogP contribution >= 0.6 is 11.3 Å². The number of thiazole rings is 1. The zero-order chi connectivity index (χ0) is 16.2. The van der Waals surface area contributed by atoms with Crippen LogP contribution in [0, 0.1) is 11.6 Å². The topological polar surface area (TPSA) is 55.1 Å². The lowest BCUT2D eigenvalue weighted by atomic mass is 10.2. The first-order valence-corrected chi connectivity index (χ1v) is 7.73. The Balaban J connectivity index is 1.62. The van der Waals surface area contributed by atoms with Gasteiger partial charge in [-0.1, -0.05) is 0 Å². The van der Waals surface area contributed by atoms with Gasteiger partial charge in [-0.2, -0.15) is 0 Å². The van der Waals surface area contributed by atoms with Gasteiger partial charge in [-0.3, -0.25) is 4.79 Å². The molecule has 0 atom stereocenters. The van der Waals surface area contributed by atoms with Crippen LogP contribution < -0.4 is 5.32 Å². The van der Waals surface area contributed by atoms with E-state index in [0.29, 0.717) is 22.8 Å². The molecule has 2 heterocycles. The smallest absolute Gasteiger partial charge is 0.226 e. The summed E-state index contributed by atoms with van der Waals surface area (Å²) >= 11 is 1.22. The molecule has 0 aliphatic heterocycles. The molecule has 23 heavy (non-hydrogen) atoms. The summed E-state index contributed by atoms with van der Waals surface area (Å²) in [5.74, 6) is -1.29. The summed E-state index contributed by atoms with van der Waals surface area (Å²) in [6.45, 7) is 0. The maximum atomic E-state index is 13.2. The van der Waals surface area contributed by atoms with Gasteiger partial charge in [-0.25, -0.2) is 13.8 Å². The number of carbonyl (C=O) groups excluding carboxylic acids is 1. The first-order valence-electron chi connectivity index (χ1n) is 6.85. The molecule has 118 valence electrons. The lowest BCUT2D eigenvalue weighted by Crippen LogP contribution is -2.11. The number of halogens is 2. The van der Waals surface area contributed by atoms with Crippen molar-refractivity contribution in [1.82, 2.24) is 4.98 Å². The number of amides is 1. The molecule has 0 bridgehead atoms. The number of anilines is 1. The molecule has 1 aromatic carbocycles. The SMILES string of the molecule is O=C(CCc1ccco1)Nc1nc(-c2ccc(F)c(F)c2)cs1. The summed E-state index contributed by atoms with van der Waals surface area (Å²) in [6.07, 6.45) is 2.33. The normalized spacial score (nSPS) is 10.7. The Morgan fingerprint density at radius 3 is 2.87 bits per heavy atom. The molecule has 1 N–H and O–H groups in total. The second-order valence-electron chi connectivity index (χ2n) is 4.79. The van der Waals surface area contributed by atoms with Gasteiger partial charge < -0.3 is 9.73 Å². The molecule has 0 saturated carbocycles. The van der Waals surface area contributed by atoms with Crippen molar-refractivity contribution in [3.63, 3.8) is 0 Å². The highest BCUT2D eigenvalue weighted by atomic mass is 32.1. The van der Waals surface area contributed by atoms with Gasteiger partial charge >= 0.3 is 0 Å². The minimum absolute atomic E-state index is 0.187. The van der Waals surface area contributed by atoms with E-state index in [2.05, 4.69) is 10.3 Å². The average molecular weight is 334 g/mol. The number of carbonyl (C=O) groups is 1. The van der Waals surface area contributed by atoms with Crippen molar-refractivity contribution in [2.45, 2.75) is 12.8 Å². The number of furan rings is 1. The summed E-state index contributed by atoms with van der Waals surface area (Å²) in [5, 5.41) is 4.77. The second kappa shape index (κ2) is 6.70. The highest BCUT2D eigenvalue weighted by Gasteiger charge is 2.10. The Morgan fingerprint density at radius 1 is 1.26 bits per heavy atom. The number of nitrogens with one attached hydrogen (secondary N) is 1. The largest absolute Gasteiger partial charge is 0.469 e. The minimum atomic E-state index is -0.931. The third-order valence-corrected chi connectivity index (χ3v) is 3.90. The van der Waals surface area contributed by atoms with E-state index < -0.39 is 11.6 Å². The van der Waals surface area contributed by atoms with Gasteiger partial charge in [0.2, 0.25) is 5.91 Å². The fraction of sp³-hybridized carbons (Fsp3) is 0.125. The Labute approximate surface area is 134 Å². The van der Waals surface area contributed by atoms with Gasteiger partial charge in [0.25, 0.3) is 0 Å². The van der Waals surface area contributed by atoms with Gasteiger partial charge in [0.15, 0.2) is 16.8 Å². The van der Waals surface area contributed by atoms with Crippen LogP contribution in [-0.2, 0) is 11.2 Å². The molecule has 3 aromatic rings. The fourth-order valence-electron chi connectivity index (χ4n) is 1.99. The van der Waals surface area contributed by atoms with Crippen LogP contribution in [0.25, 0.3) is 11.3 Å². The number of benzene rings is 1. The van der Waals surface area contributed by atoms with Crippen LogP contribution in [0.2, 0.25) is 0 Å². The third-order valence-electron chi connectivity index (χ3n) is 3.14. The minimum Gasteiger partial charge on any atom is -0.469 e. The number of aromatic nitrogens is 1. The van der Waals surface area contributed by atoms with E-state index in [4.69, 9.17) is 4.42 Å². The molecule has 0 unspecified atom stereocenters. The lowest BCUT2D eigenvalue weighted by molar-refractivity contribution is -0.116. The van der Waals surface area contributed by atoms with E-state index in [1.54, 1.807) is 23.8 Å². The summed E-state index contributed by atoms with van der Waals surface area (Å²) in [5.41, 5.74) is 0.937. The van der Waals surface area contributed by atoms with E-state index in [9.17, 15) is 13.6 Å². The maximum absolute atomic E-state index is 13.2. The number of rotatable bonds is 5. The predicted octanol–water partition coefficient (Wildman–Crippen LogP) is 4.25. The van der Waals surface area contributed by atoms with Crippen LogP contribution in [-0.4, -0.2) is 10.9 Å². The van der Waals surface area contributed by atoms with Crippen molar-refractivity contribution in [1.29, 1.82) is 0 Å². The van der Waals surface area contributed by atoms with E-state index in [1.165, 1.54) is 17.4 Å². The Morgan fingerprint density at radius 2 is 2.13 bits per heavy atom. The van der Waals surface area contributed by atoms with Crippen molar-refractivity contribution in [3.05, 3.63) is 59.4 Å². The Bertz CT molecular complexity index is 815. The molecule has 3 rings (SSSR count). The van der Waals surface area contributed by atoms with Crippen molar-refractivity contribution in [2.75, 3.05) is 5.32 Å². The first-order chi connectivity index (χ1) is 11.1. The molecule has 0 radical (unpaired) electrons. The van der Waals surface area contributed by atoms with Crippen LogP contribution in [0.3, 0.4) is 0 Å². The Hall–Kier alpha value is -2.54. The quantitative estimate of drug-likeness (QED) is 0.759. The van der Waals surface area contributed by atoms with Crippen LogP contribution in [0.5, 0.6) is 0 Å². The molecule has 0 fully saturated rings. The number of aryl methyl sites for hydroxylation is 1. The second-order valence-corrected chi connectivity index (χ2v) is 5.65. The molecule has 0 saturated heterocycles. The molecule has 0 aliphatic rings. The molecular formula is C16H12F2N2O2S. The number of hydrogen-bond donors (Lipinski definition) is 1. The average Bonchev–Trinajstić information content (AvgIpc) is 3.19. The van der Waals surface area contributed by atoms with Gasteiger partial charge in [0, 0.05) is 23.8 Å². The van der Waals surface area contributed by atoms with E-state index in [0.717, 1.165) is 17.9 Å². The van der Waals surface area contributed by atoms with Gasteiger partial charge in [0.1, 0.15) is 5.76 Å². The van der Waals surface area contributed by atoms with Crippen molar-refractivity contribution in [2.24, 2.45) is 0 Å². The molecule has 7 heteroatoms. The summed E-state index contributed by atoms with van der Waals surface area (Å²) < 4.78 is 31.3. The third kappa shape index (κ3) is 3.81. The zero-order valence-electron chi connectivity index (χ0n) is 11.9. The van der Waals surface area contributed by atoms with Crippen LogP contribution in [0.15, 0.2) is 46.4 Å². The molecular weight excluding hydrogens is 322 g/mol. The van der Waals surface area contributed by atoms with Gasteiger partial charge in [-0.05, 0) is 30.3 Å². The standard InChI is InChI=1S/C16H12F2N2O2S/c17-12-5-3-10(8-13(12)18)14-9-23-16(19-14)20-15(21)6-4-11-2-1-7-22-11/h1-3,5,7-9H,4,6H2,(H,19,20,21). The van der Waals surface area contributed by atoms with Crippen LogP contribution in [0.1, 0.15) is 12.2 Å². The molecule has 2 aromatic heterocycles. The zero-order valence-corrected chi connectivity index (χ0v) is 12.7. The maximum Gasteiger partial charge on any atom is 0.226 e. The molecule has 1 amide bonds. The molecule has 0 spiro atoms. The Kier molecular flexibility index (Phi) is 4.47. The van der Waals surface area contributed by atoms with Gasteiger partial charge in [-0.15, -0.1) is 11.3 Å². The van der Waals surface area contributed by atoms with Crippen molar-refractivity contribution >= 4 is 22.4 Å². The fourth-order valence-corrected chi connectivity index (χ4v) is 2.73. The molecule has 4 nitrogen and oxygen atoms in total. The molecule has 0 aliphatic carbocycles. The highest BCUT2D eigenvalue weighted by molar-refractivity contribution is 7.14. The summed E-state index contributed by atoms with van der Waals surface area (Å²) in [7, 11) is 0. The van der Waals surface area contributed by atoms with E-state index >= 15 is 0 Å². The van der Waals surface area contributed by atoms with Gasteiger partial charge in [0.05, 0.1) is 12.0 Å². The first kappa shape index (κ1) is 15.4. The summed E-state index contributed by atoms with van der Waals surface area (Å²) in [6, 6.07) is 7.13. The van der Waals surface area contributed by atoms with E-state index in [1.807, 2.05) is 0 Å². The number of nitrogens with zero attached hydrogens (tertiary/aromatic N) is 1. The number of hydrogen-bond acceptors (Lipinski definition) is 4. The predicted molar refractivity (Wildman–Crippen MR) is 83.1 cm³/mol. The lowest BCUT2D eigenvalue weighted by Gasteiger charge is -2.00.